The van der Waals surface area contributed by atoms with Gasteiger partial charge in [-0.15, -0.1) is 0 Å². The Kier molecular flexibility index (Phi) is 5.77. The Morgan fingerprint density at radius 1 is 1.15 bits per heavy atom. The van der Waals surface area contributed by atoms with Crippen molar-refractivity contribution in [2.45, 2.75) is 24.7 Å². The molecule has 0 radical (unpaired) electrons. The molecule has 2 unspecified atom stereocenters. The van der Waals surface area contributed by atoms with Gasteiger partial charge < -0.3 is 24.4 Å². The molecular weight excluding hydrogens is 439 g/mol. The van der Waals surface area contributed by atoms with Crippen LogP contribution < -0.4 is 14.8 Å². The molecule has 3 aliphatic heterocycles. The van der Waals surface area contributed by atoms with Gasteiger partial charge in [0.2, 0.25) is 11.8 Å². The lowest BCUT2D eigenvalue weighted by Crippen LogP contribution is -2.44. The third-order valence-electron chi connectivity index (χ3n) is 6.98. The fourth-order valence-corrected chi connectivity index (χ4v) is 5.28. The maximum absolute atomic E-state index is 13.4. The molecule has 0 aliphatic carbocycles. The SMILES string of the molecule is COc1ccc(CCN2CC34C=C[C@H](O3)C(C(=O)NCc3ccc(F)cc3)[C@H]4C2=O)cc1OC. The smallest absolute Gasteiger partial charge is 0.230 e. The van der Waals surface area contributed by atoms with Crippen LogP contribution in [0.1, 0.15) is 11.1 Å². The van der Waals surface area contributed by atoms with Crippen LogP contribution in [0.5, 0.6) is 11.5 Å². The number of halogens is 1. The first kappa shape index (κ1) is 22.4. The zero-order valence-electron chi connectivity index (χ0n) is 19.1. The van der Waals surface area contributed by atoms with Gasteiger partial charge in [0, 0.05) is 13.1 Å². The fourth-order valence-electron chi connectivity index (χ4n) is 5.28. The maximum Gasteiger partial charge on any atom is 0.230 e. The van der Waals surface area contributed by atoms with E-state index in [9.17, 15) is 14.0 Å². The number of rotatable bonds is 8. The lowest BCUT2D eigenvalue weighted by Gasteiger charge is -2.23. The van der Waals surface area contributed by atoms with Crippen LogP contribution in [-0.4, -0.2) is 55.7 Å². The quantitative estimate of drug-likeness (QED) is 0.605. The summed E-state index contributed by atoms with van der Waals surface area (Å²) in [4.78, 5) is 28.3. The van der Waals surface area contributed by atoms with E-state index in [1.54, 1.807) is 31.3 Å². The molecule has 3 aliphatic rings. The summed E-state index contributed by atoms with van der Waals surface area (Å²) in [5.74, 6) is -0.429. The largest absolute Gasteiger partial charge is 0.493 e. The number of carbonyl (C=O) groups excluding carboxylic acids is 2. The molecule has 2 bridgehead atoms. The van der Waals surface area contributed by atoms with Crippen molar-refractivity contribution >= 4 is 11.8 Å². The van der Waals surface area contributed by atoms with Gasteiger partial charge in [-0.25, -0.2) is 4.39 Å². The van der Waals surface area contributed by atoms with E-state index in [0.717, 1.165) is 11.1 Å². The average molecular weight is 467 g/mol. The zero-order chi connectivity index (χ0) is 23.9. The molecule has 4 atom stereocenters. The first-order chi connectivity index (χ1) is 16.4. The van der Waals surface area contributed by atoms with Gasteiger partial charge >= 0.3 is 0 Å². The number of likely N-dealkylation sites (tertiary alicyclic amines) is 1. The van der Waals surface area contributed by atoms with Gasteiger partial charge in [-0.2, -0.15) is 0 Å². The molecule has 1 N–H and O–H groups in total. The van der Waals surface area contributed by atoms with E-state index in [0.29, 0.717) is 31.0 Å². The van der Waals surface area contributed by atoms with E-state index in [2.05, 4.69) is 5.32 Å². The average Bonchev–Trinajstić information content (AvgIpc) is 3.50. The van der Waals surface area contributed by atoms with E-state index in [1.165, 1.54) is 12.1 Å². The highest BCUT2D eigenvalue weighted by atomic mass is 19.1. The van der Waals surface area contributed by atoms with Crippen LogP contribution in [0.15, 0.2) is 54.6 Å². The molecule has 0 saturated carbocycles. The Labute approximate surface area is 197 Å². The number of hydrogen-bond acceptors (Lipinski definition) is 5. The Bertz CT molecular complexity index is 1130. The number of ether oxygens (including phenoxy) is 3. The monoisotopic (exact) mass is 466 g/mol. The van der Waals surface area contributed by atoms with Crippen LogP contribution in [-0.2, 0) is 27.3 Å². The Hall–Kier alpha value is -3.39. The van der Waals surface area contributed by atoms with Gasteiger partial charge in [-0.05, 0) is 41.8 Å². The number of methoxy groups -OCH3 is 2. The molecule has 2 saturated heterocycles. The second-order valence-corrected chi connectivity index (χ2v) is 8.94. The van der Waals surface area contributed by atoms with E-state index in [1.807, 2.05) is 30.4 Å². The predicted octanol–water partition coefficient (Wildman–Crippen LogP) is 2.48. The summed E-state index contributed by atoms with van der Waals surface area (Å²) in [5.41, 5.74) is 1.06. The highest BCUT2D eigenvalue weighted by Crippen LogP contribution is 2.51. The van der Waals surface area contributed by atoms with Crippen molar-refractivity contribution in [1.29, 1.82) is 0 Å². The molecule has 2 fully saturated rings. The first-order valence-corrected chi connectivity index (χ1v) is 11.3. The van der Waals surface area contributed by atoms with Gasteiger partial charge in [0.15, 0.2) is 11.5 Å². The third kappa shape index (κ3) is 3.81. The normalized spacial score (nSPS) is 26.6. The summed E-state index contributed by atoms with van der Waals surface area (Å²) < 4.78 is 30.0. The second kappa shape index (κ2) is 8.76. The van der Waals surface area contributed by atoms with Gasteiger partial charge in [0.05, 0.1) is 38.7 Å². The van der Waals surface area contributed by atoms with Crippen LogP contribution in [0, 0.1) is 17.7 Å². The molecule has 1 spiro atoms. The minimum Gasteiger partial charge on any atom is -0.493 e. The Morgan fingerprint density at radius 2 is 1.88 bits per heavy atom. The summed E-state index contributed by atoms with van der Waals surface area (Å²) in [5, 5.41) is 2.90. The van der Waals surface area contributed by atoms with Crippen LogP contribution in [0.2, 0.25) is 0 Å². The van der Waals surface area contributed by atoms with Crippen LogP contribution in [0.25, 0.3) is 0 Å². The van der Waals surface area contributed by atoms with Crippen LogP contribution >= 0.6 is 0 Å². The number of amides is 2. The first-order valence-electron chi connectivity index (χ1n) is 11.3. The molecule has 5 rings (SSSR count). The van der Waals surface area contributed by atoms with E-state index < -0.39 is 23.5 Å². The number of benzene rings is 2. The molecule has 8 heteroatoms. The minimum atomic E-state index is -0.753. The van der Waals surface area contributed by atoms with Crippen molar-refractivity contribution in [2.75, 3.05) is 27.3 Å². The fraction of sp³-hybridized carbons (Fsp3) is 0.385. The Morgan fingerprint density at radius 3 is 2.62 bits per heavy atom. The maximum atomic E-state index is 13.4. The number of nitrogens with one attached hydrogen (secondary N) is 1. The second-order valence-electron chi connectivity index (χ2n) is 8.94. The summed E-state index contributed by atoms with van der Waals surface area (Å²) in [7, 11) is 3.18. The molecular formula is C26H27FN2O5. The predicted molar refractivity (Wildman–Crippen MR) is 122 cm³/mol. The molecule has 2 aromatic rings. The highest BCUT2D eigenvalue weighted by Gasteiger charge is 2.66. The third-order valence-corrected chi connectivity index (χ3v) is 6.98. The van der Waals surface area contributed by atoms with Crippen molar-refractivity contribution in [3.05, 3.63) is 71.6 Å². The molecule has 178 valence electrons. The van der Waals surface area contributed by atoms with Gasteiger partial charge in [-0.1, -0.05) is 30.4 Å². The van der Waals surface area contributed by atoms with Crippen molar-refractivity contribution in [1.82, 2.24) is 10.2 Å². The number of fused-ring (bicyclic) bond motifs is 1. The van der Waals surface area contributed by atoms with Crippen molar-refractivity contribution in [2.24, 2.45) is 11.8 Å². The summed E-state index contributed by atoms with van der Waals surface area (Å²) in [6.07, 6.45) is 4.07. The lowest BCUT2D eigenvalue weighted by molar-refractivity contribution is -0.137. The molecule has 3 heterocycles. The number of carbonyl (C=O) groups is 2. The van der Waals surface area contributed by atoms with E-state index >= 15 is 0 Å². The molecule has 2 amide bonds. The van der Waals surface area contributed by atoms with Gasteiger partial charge in [-0.3, -0.25) is 9.59 Å². The lowest BCUT2D eigenvalue weighted by atomic mass is 9.77. The van der Waals surface area contributed by atoms with Gasteiger partial charge in [0.1, 0.15) is 11.4 Å². The molecule has 7 nitrogen and oxygen atoms in total. The molecule has 34 heavy (non-hydrogen) atoms. The number of nitrogens with zero attached hydrogens (tertiary/aromatic N) is 1. The van der Waals surface area contributed by atoms with Crippen LogP contribution in [0.3, 0.4) is 0 Å². The van der Waals surface area contributed by atoms with Crippen molar-refractivity contribution in [3.63, 3.8) is 0 Å². The molecule has 0 aromatic heterocycles. The van der Waals surface area contributed by atoms with Gasteiger partial charge in [0.25, 0.3) is 0 Å². The van der Waals surface area contributed by atoms with Crippen LogP contribution in [0.4, 0.5) is 4.39 Å². The molecule has 2 aromatic carbocycles. The van der Waals surface area contributed by atoms with E-state index in [4.69, 9.17) is 14.2 Å². The topological polar surface area (TPSA) is 77.1 Å². The van der Waals surface area contributed by atoms with Crippen molar-refractivity contribution < 1.29 is 28.2 Å². The summed E-state index contributed by atoms with van der Waals surface area (Å²) in [6.45, 7) is 1.21. The minimum absolute atomic E-state index is 0.0609. The summed E-state index contributed by atoms with van der Waals surface area (Å²) in [6, 6.07) is 11.7. The Balaban J connectivity index is 1.25. The standard InChI is InChI=1S/C26H27FN2O5/c1-32-19-8-5-16(13-21(19)33-2)10-12-29-15-26-11-9-20(34-26)22(23(26)25(29)31)24(30)28-14-17-3-6-18(27)7-4-17/h3-9,11,13,20,22-23H,10,12,14-15H2,1-2H3,(H,28,30)/t20-,22?,23-,26?/m0/s1. The number of hydrogen-bond donors (Lipinski definition) is 1. The van der Waals surface area contributed by atoms with Crippen molar-refractivity contribution in [3.8, 4) is 11.5 Å². The summed E-state index contributed by atoms with van der Waals surface area (Å²) >= 11 is 0. The van der Waals surface area contributed by atoms with E-state index in [-0.39, 0.29) is 24.2 Å². The highest BCUT2D eigenvalue weighted by molar-refractivity contribution is 5.93. The zero-order valence-corrected chi connectivity index (χ0v) is 19.1.